The SMILES string of the molecule is CCCC(C)CN1CC(O)(CCC)C1. The molecule has 1 saturated heterocycles. The second-order valence-corrected chi connectivity index (χ2v) is 5.04. The van der Waals surface area contributed by atoms with E-state index in [1.165, 1.54) is 19.4 Å². The van der Waals surface area contributed by atoms with Crippen LogP contribution in [-0.2, 0) is 0 Å². The van der Waals surface area contributed by atoms with Crippen LogP contribution in [0.5, 0.6) is 0 Å². The molecule has 14 heavy (non-hydrogen) atoms. The molecule has 2 nitrogen and oxygen atoms in total. The predicted octanol–water partition coefficient (Wildman–Crippen LogP) is 2.27. The lowest BCUT2D eigenvalue weighted by Gasteiger charge is -2.47. The van der Waals surface area contributed by atoms with Crippen molar-refractivity contribution in [3.05, 3.63) is 0 Å². The summed E-state index contributed by atoms with van der Waals surface area (Å²) in [6.45, 7) is 9.64. The molecule has 0 aromatic carbocycles. The smallest absolute Gasteiger partial charge is 0.0900 e. The standard InChI is InChI=1S/C12H25NO/c1-4-6-11(3)8-13-9-12(14,10-13)7-5-2/h11,14H,4-10H2,1-3H3. The molecular formula is C12H25NO. The molecule has 1 heterocycles. The molecule has 1 fully saturated rings. The van der Waals surface area contributed by atoms with Crippen molar-refractivity contribution in [3.8, 4) is 0 Å². The summed E-state index contributed by atoms with van der Waals surface area (Å²) in [6.07, 6.45) is 4.64. The minimum Gasteiger partial charge on any atom is -0.387 e. The zero-order valence-corrected chi connectivity index (χ0v) is 9.92. The van der Waals surface area contributed by atoms with Crippen molar-refractivity contribution >= 4 is 0 Å². The fourth-order valence-electron chi connectivity index (χ4n) is 2.56. The fraction of sp³-hybridized carbons (Fsp3) is 1.00. The molecule has 0 aromatic heterocycles. The Morgan fingerprint density at radius 3 is 2.43 bits per heavy atom. The van der Waals surface area contributed by atoms with E-state index in [1.54, 1.807) is 0 Å². The van der Waals surface area contributed by atoms with E-state index < -0.39 is 0 Å². The highest BCUT2D eigenvalue weighted by Crippen LogP contribution is 2.26. The number of hydrogen-bond donors (Lipinski definition) is 1. The molecule has 1 aliphatic heterocycles. The van der Waals surface area contributed by atoms with Crippen molar-refractivity contribution in [3.63, 3.8) is 0 Å². The van der Waals surface area contributed by atoms with Crippen LogP contribution >= 0.6 is 0 Å². The lowest BCUT2D eigenvalue weighted by Crippen LogP contribution is -2.62. The van der Waals surface area contributed by atoms with E-state index >= 15 is 0 Å². The van der Waals surface area contributed by atoms with Crippen LogP contribution in [0.4, 0.5) is 0 Å². The van der Waals surface area contributed by atoms with Gasteiger partial charge in [-0.05, 0) is 18.8 Å². The van der Waals surface area contributed by atoms with E-state index in [0.29, 0.717) is 0 Å². The van der Waals surface area contributed by atoms with Gasteiger partial charge in [-0.1, -0.05) is 33.6 Å². The van der Waals surface area contributed by atoms with Gasteiger partial charge < -0.3 is 5.11 Å². The van der Waals surface area contributed by atoms with Gasteiger partial charge in [0.15, 0.2) is 0 Å². The summed E-state index contributed by atoms with van der Waals surface area (Å²) in [5.74, 6) is 0.783. The van der Waals surface area contributed by atoms with Crippen LogP contribution < -0.4 is 0 Å². The van der Waals surface area contributed by atoms with Crippen LogP contribution in [-0.4, -0.2) is 35.2 Å². The van der Waals surface area contributed by atoms with Gasteiger partial charge in [0.05, 0.1) is 5.60 Å². The maximum atomic E-state index is 9.98. The topological polar surface area (TPSA) is 23.5 Å². The molecule has 0 aliphatic carbocycles. The van der Waals surface area contributed by atoms with Crippen LogP contribution in [0.3, 0.4) is 0 Å². The van der Waals surface area contributed by atoms with Crippen LogP contribution in [0.15, 0.2) is 0 Å². The summed E-state index contributed by atoms with van der Waals surface area (Å²) in [7, 11) is 0. The molecular weight excluding hydrogens is 174 g/mol. The number of β-amino-alcohol motifs (C(OH)–C–C–N with tert-alkyl or cyclic N) is 1. The number of rotatable bonds is 6. The zero-order chi connectivity index (χ0) is 10.6. The lowest BCUT2D eigenvalue weighted by atomic mass is 9.88. The highest BCUT2D eigenvalue weighted by molar-refractivity contribution is 4.95. The van der Waals surface area contributed by atoms with Crippen molar-refractivity contribution < 1.29 is 5.11 Å². The first kappa shape index (κ1) is 12.0. The third-order valence-corrected chi connectivity index (χ3v) is 3.10. The van der Waals surface area contributed by atoms with E-state index in [1.807, 2.05) is 0 Å². The highest BCUT2D eigenvalue weighted by Gasteiger charge is 2.39. The molecule has 0 amide bonds. The number of hydrogen-bond acceptors (Lipinski definition) is 2. The normalized spacial score (nSPS) is 23.1. The first-order valence-corrected chi connectivity index (χ1v) is 6.04. The van der Waals surface area contributed by atoms with Crippen LogP contribution in [0.1, 0.15) is 46.5 Å². The van der Waals surface area contributed by atoms with Gasteiger partial charge in [-0.25, -0.2) is 0 Å². The van der Waals surface area contributed by atoms with Crippen molar-refractivity contribution in [2.75, 3.05) is 19.6 Å². The fourth-order valence-corrected chi connectivity index (χ4v) is 2.56. The first-order chi connectivity index (χ1) is 6.59. The number of likely N-dealkylation sites (tertiary alicyclic amines) is 1. The summed E-state index contributed by atoms with van der Waals surface area (Å²) in [4.78, 5) is 2.38. The van der Waals surface area contributed by atoms with Crippen LogP contribution in [0.2, 0.25) is 0 Å². The molecule has 0 bridgehead atoms. The second kappa shape index (κ2) is 5.13. The van der Waals surface area contributed by atoms with E-state index in [0.717, 1.165) is 31.8 Å². The quantitative estimate of drug-likeness (QED) is 0.709. The Morgan fingerprint density at radius 2 is 1.93 bits per heavy atom. The Balaban J connectivity index is 2.14. The molecule has 1 rings (SSSR count). The molecule has 0 spiro atoms. The minimum absolute atomic E-state index is 0.347. The van der Waals surface area contributed by atoms with E-state index in [2.05, 4.69) is 25.7 Å². The summed E-state index contributed by atoms with van der Waals surface area (Å²) in [5, 5.41) is 9.98. The molecule has 84 valence electrons. The molecule has 1 atom stereocenters. The van der Waals surface area contributed by atoms with Gasteiger partial charge in [0.25, 0.3) is 0 Å². The largest absolute Gasteiger partial charge is 0.387 e. The molecule has 1 aliphatic rings. The molecule has 0 aromatic rings. The van der Waals surface area contributed by atoms with Crippen LogP contribution in [0.25, 0.3) is 0 Å². The van der Waals surface area contributed by atoms with E-state index in [9.17, 15) is 5.11 Å². The minimum atomic E-state index is -0.347. The van der Waals surface area contributed by atoms with Gasteiger partial charge in [0.2, 0.25) is 0 Å². The van der Waals surface area contributed by atoms with Crippen molar-refractivity contribution in [1.29, 1.82) is 0 Å². The van der Waals surface area contributed by atoms with Crippen molar-refractivity contribution in [1.82, 2.24) is 4.90 Å². The van der Waals surface area contributed by atoms with Crippen LogP contribution in [0, 0.1) is 5.92 Å². The van der Waals surface area contributed by atoms with Gasteiger partial charge in [-0.15, -0.1) is 0 Å². The van der Waals surface area contributed by atoms with Crippen molar-refractivity contribution in [2.45, 2.75) is 52.1 Å². The first-order valence-electron chi connectivity index (χ1n) is 6.04. The number of aliphatic hydroxyl groups is 1. The van der Waals surface area contributed by atoms with E-state index in [4.69, 9.17) is 0 Å². The summed E-state index contributed by atoms with van der Waals surface area (Å²) in [5.41, 5.74) is -0.347. The van der Waals surface area contributed by atoms with Gasteiger partial charge in [-0.3, -0.25) is 4.90 Å². The van der Waals surface area contributed by atoms with Gasteiger partial charge >= 0.3 is 0 Å². The predicted molar refractivity (Wildman–Crippen MR) is 60.4 cm³/mol. The Bertz CT molecular complexity index is 161. The Morgan fingerprint density at radius 1 is 1.29 bits per heavy atom. The molecule has 0 radical (unpaired) electrons. The van der Waals surface area contributed by atoms with Crippen molar-refractivity contribution in [2.24, 2.45) is 5.92 Å². The Kier molecular flexibility index (Phi) is 4.39. The highest BCUT2D eigenvalue weighted by atomic mass is 16.3. The molecule has 0 saturated carbocycles. The Labute approximate surface area is 88.3 Å². The monoisotopic (exact) mass is 199 g/mol. The summed E-state index contributed by atoms with van der Waals surface area (Å²) >= 11 is 0. The third-order valence-electron chi connectivity index (χ3n) is 3.10. The maximum Gasteiger partial charge on any atom is 0.0900 e. The van der Waals surface area contributed by atoms with Gasteiger partial charge in [-0.2, -0.15) is 0 Å². The zero-order valence-electron chi connectivity index (χ0n) is 9.92. The molecule has 1 unspecified atom stereocenters. The average Bonchev–Trinajstić information content (AvgIpc) is 2.02. The average molecular weight is 199 g/mol. The molecule has 1 N–H and O–H groups in total. The van der Waals surface area contributed by atoms with Gasteiger partial charge in [0.1, 0.15) is 0 Å². The second-order valence-electron chi connectivity index (χ2n) is 5.04. The molecule has 2 heteroatoms. The third kappa shape index (κ3) is 3.25. The number of nitrogens with zero attached hydrogens (tertiary/aromatic N) is 1. The lowest BCUT2D eigenvalue weighted by molar-refractivity contribution is -0.107. The summed E-state index contributed by atoms with van der Waals surface area (Å²) in [6, 6.07) is 0. The van der Waals surface area contributed by atoms with Gasteiger partial charge in [0, 0.05) is 19.6 Å². The Hall–Kier alpha value is -0.0800. The summed E-state index contributed by atoms with van der Waals surface area (Å²) < 4.78 is 0. The van der Waals surface area contributed by atoms with E-state index in [-0.39, 0.29) is 5.60 Å². The maximum absolute atomic E-state index is 9.98.